The van der Waals surface area contributed by atoms with Gasteiger partial charge in [-0.1, -0.05) is 23.2 Å². The fourth-order valence-corrected chi connectivity index (χ4v) is 3.24. The van der Waals surface area contributed by atoms with E-state index in [1.165, 1.54) is 30.5 Å². The summed E-state index contributed by atoms with van der Waals surface area (Å²) in [4.78, 5) is 27.4. The second kappa shape index (κ2) is 9.11. The quantitative estimate of drug-likeness (QED) is 0.473. The summed E-state index contributed by atoms with van der Waals surface area (Å²) >= 11 is 12.1. The molecular weight excluding hydrogens is 450 g/mol. The number of carbonyl (C=O) groups excluding carboxylic acids is 2. The molecular formula is C19H15Cl2FN6O3. The summed E-state index contributed by atoms with van der Waals surface area (Å²) in [7, 11) is 0. The molecule has 0 aliphatic rings. The van der Waals surface area contributed by atoms with Gasteiger partial charge in [-0.15, -0.1) is 10.2 Å². The number of primary amides is 1. The highest BCUT2D eigenvalue weighted by molar-refractivity contribution is 6.36. The standard InChI is InChI=1S/C19H15Cl2FN6O3/c1-8(15-10(20)3-4-11(22)16(15)21)31-14-6-13(27-28-17(14)23)19(30)26-9-2-5-12(18(24)29)25-7-9/h2-8H,1H3,(H2,23,28)(H2,24,29)(H,26,30). The minimum atomic E-state index is -0.816. The summed E-state index contributed by atoms with van der Waals surface area (Å²) in [6, 6.07) is 6.55. The first-order valence-electron chi connectivity index (χ1n) is 8.67. The Kier molecular flexibility index (Phi) is 6.52. The normalized spacial score (nSPS) is 11.6. The molecule has 9 nitrogen and oxygen atoms in total. The number of amides is 2. The van der Waals surface area contributed by atoms with Gasteiger partial charge in [0.15, 0.2) is 17.3 Å². The van der Waals surface area contributed by atoms with Crippen LogP contribution in [0.15, 0.2) is 36.5 Å². The van der Waals surface area contributed by atoms with Crippen molar-refractivity contribution >= 4 is 46.5 Å². The molecule has 0 aliphatic heterocycles. The van der Waals surface area contributed by atoms with Crippen molar-refractivity contribution in [3.05, 3.63) is 69.3 Å². The number of halogens is 3. The Bertz CT molecular complexity index is 1160. The van der Waals surface area contributed by atoms with Crippen LogP contribution in [0.25, 0.3) is 0 Å². The molecule has 0 fully saturated rings. The highest BCUT2D eigenvalue weighted by atomic mass is 35.5. The van der Waals surface area contributed by atoms with Crippen LogP contribution in [0.3, 0.4) is 0 Å². The first kappa shape index (κ1) is 22.2. The van der Waals surface area contributed by atoms with Crippen molar-refractivity contribution in [2.24, 2.45) is 5.73 Å². The average molecular weight is 465 g/mol. The third-order valence-electron chi connectivity index (χ3n) is 4.08. The fourth-order valence-electron chi connectivity index (χ4n) is 2.56. The predicted molar refractivity (Wildman–Crippen MR) is 113 cm³/mol. The van der Waals surface area contributed by atoms with E-state index in [-0.39, 0.29) is 38.6 Å². The number of nitrogen functional groups attached to an aromatic ring is 1. The molecule has 2 amide bonds. The van der Waals surface area contributed by atoms with Crippen molar-refractivity contribution in [2.45, 2.75) is 13.0 Å². The number of hydrogen-bond acceptors (Lipinski definition) is 7. The summed E-state index contributed by atoms with van der Waals surface area (Å²) in [5.74, 6) is -2.07. The van der Waals surface area contributed by atoms with Crippen LogP contribution in [0.4, 0.5) is 15.9 Å². The molecule has 0 saturated carbocycles. The lowest BCUT2D eigenvalue weighted by Crippen LogP contribution is -2.17. The Morgan fingerprint density at radius 1 is 1.16 bits per heavy atom. The molecule has 5 N–H and O–H groups in total. The topological polar surface area (TPSA) is 146 Å². The lowest BCUT2D eigenvalue weighted by Gasteiger charge is -2.19. The predicted octanol–water partition coefficient (Wildman–Crippen LogP) is 3.39. The molecule has 1 unspecified atom stereocenters. The number of nitrogens with two attached hydrogens (primary N) is 2. The van der Waals surface area contributed by atoms with Gasteiger partial charge in [-0.25, -0.2) is 9.37 Å². The molecule has 2 aromatic heterocycles. The maximum Gasteiger partial charge on any atom is 0.276 e. The van der Waals surface area contributed by atoms with Crippen molar-refractivity contribution in [3.8, 4) is 5.75 Å². The molecule has 3 rings (SSSR count). The van der Waals surface area contributed by atoms with Gasteiger partial charge >= 0.3 is 0 Å². The molecule has 0 spiro atoms. The van der Waals surface area contributed by atoms with Gasteiger partial charge in [0.1, 0.15) is 17.6 Å². The molecule has 1 atom stereocenters. The lowest BCUT2D eigenvalue weighted by atomic mass is 10.1. The van der Waals surface area contributed by atoms with Crippen molar-refractivity contribution in [1.29, 1.82) is 0 Å². The van der Waals surface area contributed by atoms with Crippen LogP contribution in [0.2, 0.25) is 10.0 Å². The summed E-state index contributed by atoms with van der Waals surface area (Å²) in [5, 5.41) is 10.00. The van der Waals surface area contributed by atoms with Crippen LogP contribution < -0.4 is 21.5 Å². The van der Waals surface area contributed by atoms with Gasteiger partial charge in [-0.3, -0.25) is 9.59 Å². The molecule has 0 saturated heterocycles. The van der Waals surface area contributed by atoms with Gasteiger partial charge in [0.25, 0.3) is 11.8 Å². The lowest BCUT2D eigenvalue weighted by molar-refractivity contribution is 0.0993. The second-order valence-electron chi connectivity index (χ2n) is 6.25. The molecule has 3 aromatic rings. The molecule has 12 heteroatoms. The van der Waals surface area contributed by atoms with Gasteiger partial charge in [-0.2, -0.15) is 0 Å². The van der Waals surface area contributed by atoms with Crippen LogP contribution in [-0.2, 0) is 0 Å². The number of ether oxygens (including phenoxy) is 1. The fraction of sp³-hybridized carbons (Fsp3) is 0.105. The zero-order valence-electron chi connectivity index (χ0n) is 15.9. The number of anilines is 2. The van der Waals surface area contributed by atoms with Crippen molar-refractivity contribution < 1.29 is 18.7 Å². The molecule has 160 valence electrons. The molecule has 1 aromatic carbocycles. The number of nitrogens with zero attached hydrogens (tertiary/aromatic N) is 3. The highest BCUT2D eigenvalue weighted by Crippen LogP contribution is 2.35. The minimum absolute atomic E-state index is 0.0197. The van der Waals surface area contributed by atoms with Crippen LogP contribution in [0, 0.1) is 5.82 Å². The molecule has 2 heterocycles. The van der Waals surface area contributed by atoms with E-state index < -0.39 is 23.7 Å². The van der Waals surface area contributed by atoms with E-state index in [0.717, 1.165) is 6.07 Å². The highest BCUT2D eigenvalue weighted by Gasteiger charge is 2.21. The Balaban J connectivity index is 1.80. The number of aromatic nitrogens is 3. The number of carbonyl (C=O) groups is 2. The largest absolute Gasteiger partial charge is 0.482 e. The second-order valence-corrected chi connectivity index (χ2v) is 7.03. The molecule has 31 heavy (non-hydrogen) atoms. The smallest absolute Gasteiger partial charge is 0.276 e. The Hall–Kier alpha value is -3.50. The molecule has 0 bridgehead atoms. The molecule has 0 radical (unpaired) electrons. The van der Waals surface area contributed by atoms with Crippen LogP contribution in [0.5, 0.6) is 5.75 Å². The summed E-state index contributed by atoms with van der Waals surface area (Å²) in [6.45, 7) is 1.58. The van der Waals surface area contributed by atoms with Crippen molar-refractivity contribution in [1.82, 2.24) is 15.2 Å². The van der Waals surface area contributed by atoms with Crippen molar-refractivity contribution in [3.63, 3.8) is 0 Å². The summed E-state index contributed by atoms with van der Waals surface area (Å²) in [6.07, 6.45) is 0.444. The third kappa shape index (κ3) is 4.98. The Morgan fingerprint density at radius 2 is 1.90 bits per heavy atom. The Labute approximate surface area is 185 Å². The first-order chi connectivity index (χ1) is 14.7. The van der Waals surface area contributed by atoms with Gasteiger partial charge < -0.3 is 21.5 Å². The van der Waals surface area contributed by atoms with Crippen LogP contribution >= 0.6 is 23.2 Å². The summed E-state index contributed by atoms with van der Waals surface area (Å²) < 4.78 is 19.5. The van der Waals surface area contributed by atoms with E-state index in [1.54, 1.807) is 6.92 Å². The Morgan fingerprint density at radius 3 is 2.55 bits per heavy atom. The maximum absolute atomic E-state index is 13.8. The SMILES string of the molecule is CC(Oc1cc(C(=O)Nc2ccc(C(N)=O)nc2)nnc1N)c1c(Cl)ccc(F)c1Cl. The van der Waals surface area contributed by atoms with E-state index in [1.807, 2.05) is 0 Å². The van der Waals surface area contributed by atoms with Gasteiger partial charge in [0, 0.05) is 16.7 Å². The monoisotopic (exact) mass is 464 g/mol. The van der Waals surface area contributed by atoms with Crippen LogP contribution in [-0.4, -0.2) is 27.0 Å². The minimum Gasteiger partial charge on any atom is -0.482 e. The average Bonchev–Trinajstić information content (AvgIpc) is 2.73. The molecule has 0 aliphatic carbocycles. The van der Waals surface area contributed by atoms with E-state index in [0.29, 0.717) is 5.69 Å². The maximum atomic E-state index is 13.8. The van der Waals surface area contributed by atoms with Crippen LogP contribution in [0.1, 0.15) is 39.6 Å². The zero-order valence-corrected chi connectivity index (χ0v) is 17.4. The van der Waals surface area contributed by atoms with E-state index in [4.69, 9.17) is 39.4 Å². The number of benzene rings is 1. The van der Waals surface area contributed by atoms with Crippen molar-refractivity contribution in [2.75, 3.05) is 11.1 Å². The number of nitrogens with one attached hydrogen (secondary N) is 1. The number of pyridine rings is 1. The van der Waals surface area contributed by atoms with E-state index >= 15 is 0 Å². The van der Waals surface area contributed by atoms with Gasteiger partial charge in [0.05, 0.1) is 16.9 Å². The van der Waals surface area contributed by atoms with Gasteiger partial charge in [-0.05, 0) is 31.2 Å². The zero-order chi connectivity index (χ0) is 22.7. The third-order valence-corrected chi connectivity index (χ3v) is 4.80. The number of hydrogen-bond donors (Lipinski definition) is 3. The van der Waals surface area contributed by atoms with E-state index in [2.05, 4.69) is 20.5 Å². The first-order valence-corrected chi connectivity index (χ1v) is 9.43. The number of rotatable bonds is 6. The summed E-state index contributed by atoms with van der Waals surface area (Å²) in [5.41, 5.74) is 11.4. The van der Waals surface area contributed by atoms with Gasteiger partial charge in [0.2, 0.25) is 0 Å². The van der Waals surface area contributed by atoms with E-state index in [9.17, 15) is 14.0 Å².